The van der Waals surface area contributed by atoms with Crippen molar-refractivity contribution in [2.75, 3.05) is 6.54 Å². The van der Waals surface area contributed by atoms with Crippen molar-refractivity contribution in [1.29, 1.82) is 0 Å². The molecule has 3 aromatic heterocycles. The van der Waals surface area contributed by atoms with Crippen LogP contribution in [0.4, 0.5) is 0 Å². The van der Waals surface area contributed by atoms with Gasteiger partial charge in [-0.05, 0) is 38.7 Å². The SMILES string of the molecule is Cc1cc(C(=O)N(CC2CC2)C(C)c2ncnn2-c2ncccn2)no1. The Morgan fingerprint density at radius 3 is 2.77 bits per heavy atom. The lowest BCUT2D eigenvalue weighted by Crippen LogP contribution is -2.37. The quantitative estimate of drug-likeness (QED) is 0.667. The zero-order valence-corrected chi connectivity index (χ0v) is 14.6. The highest BCUT2D eigenvalue weighted by Gasteiger charge is 2.34. The van der Waals surface area contributed by atoms with Crippen molar-refractivity contribution in [1.82, 2.24) is 34.8 Å². The van der Waals surface area contributed by atoms with Crippen LogP contribution < -0.4 is 0 Å². The summed E-state index contributed by atoms with van der Waals surface area (Å²) in [6.45, 7) is 4.34. The highest BCUT2D eigenvalue weighted by Crippen LogP contribution is 2.33. The van der Waals surface area contributed by atoms with Gasteiger partial charge in [0.05, 0.1) is 6.04 Å². The van der Waals surface area contributed by atoms with Crippen LogP contribution in [0.2, 0.25) is 0 Å². The monoisotopic (exact) mass is 353 g/mol. The second-order valence-corrected chi connectivity index (χ2v) is 6.48. The van der Waals surface area contributed by atoms with E-state index >= 15 is 0 Å². The van der Waals surface area contributed by atoms with E-state index in [9.17, 15) is 4.79 Å². The fourth-order valence-electron chi connectivity index (χ4n) is 2.84. The minimum atomic E-state index is -0.314. The number of carbonyl (C=O) groups excluding carboxylic acids is 1. The third kappa shape index (κ3) is 3.19. The molecule has 0 radical (unpaired) electrons. The van der Waals surface area contributed by atoms with Gasteiger partial charge in [0.15, 0.2) is 11.5 Å². The molecule has 134 valence electrons. The molecule has 0 aromatic carbocycles. The Labute approximate surface area is 150 Å². The van der Waals surface area contributed by atoms with Gasteiger partial charge in [-0.15, -0.1) is 0 Å². The number of aryl methyl sites for hydroxylation is 1. The minimum Gasteiger partial charge on any atom is -0.361 e. The smallest absolute Gasteiger partial charge is 0.276 e. The standard InChI is InChI=1S/C17H19N7O2/c1-11-8-14(22-26-11)16(25)23(9-13-4-5-13)12(2)15-20-10-21-24(15)17-18-6-3-7-19-17/h3,6-8,10,12-13H,4-5,9H2,1-2H3. The summed E-state index contributed by atoms with van der Waals surface area (Å²) in [5.41, 5.74) is 0.303. The number of nitrogens with zero attached hydrogens (tertiary/aromatic N) is 7. The van der Waals surface area contributed by atoms with E-state index in [1.54, 1.807) is 41.0 Å². The Balaban J connectivity index is 1.66. The average Bonchev–Trinajstić information content (AvgIpc) is 3.16. The van der Waals surface area contributed by atoms with E-state index in [-0.39, 0.29) is 11.9 Å². The summed E-state index contributed by atoms with van der Waals surface area (Å²) >= 11 is 0. The van der Waals surface area contributed by atoms with Crippen LogP contribution in [0.3, 0.4) is 0 Å². The predicted molar refractivity (Wildman–Crippen MR) is 90.4 cm³/mol. The van der Waals surface area contributed by atoms with Gasteiger partial charge in [-0.25, -0.2) is 15.0 Å². The molecule has 9 heteroatoms. The summed E-state index contributed by atoms with van der Waals surface area (Å²) in [6, 6.07) is 3.07. The van der Waals surface area contributed by atoms with E-state index in [2.05, 4.69) is 25.2 Å². The maximum atomic E-state index is 13.0. The van der Waals surface area contributed by atoms with Crippen molar-refractivity contribution in [3.8, 4) is 5.95 Å². The number of hydrogen-bond donors (Lipinski definition) is 0. The molecule has 26 heavy (non-hydrogen) atoms. The second kappa shape index (κ2) is 6.66. The summed E-state index contributed by atoms with van der Waals surface area (Å²) in [4.78, 5) is 27.6. The summed E-state index contributed by atoms with van der Waals surface area (Å²) in [7, 11) is 0. The molecule has 0 aliphatic heterocycles. The van der Waals surface area contributed by atoms with Crippen LogP contribution in [-0.2, 0) is 0 Å². The van der Waals surface area contributed by atoms with E-state index in [1.165, 1.54) is 6.33 Å². The van der Waals surface area contributed by atoms with Crippen molar-refractivity contribution in [2.24, 2.45) is 5.92 Å². The van der Waals surface area contributed by atoms with Gasteiger partial charge in [-0.1, -0.05) is 5.16 Å². The van der Waals surface area contributed by atoms with Crippen LogP contribution in [0.5, 0.6) is 0 Å². The molecule has 9 nitrogen and oxygen atoms in total. The number of aromatic nitrogens is 6. The fourth-order valence-corrected chi connectivity index (χ4v) is 2.84. The van der Waals surface area contributed by atoms with Gasteiger partial charge in [0.1, 0.15) is 12.1 Å². The van der Waals surface area contributed by atoms with Gasteiger partial charge in [0.25, 0.3) is 11.9 Å². The molecule has 4 rings (SSSR count). The van der Waals surface area contributed by atoms with Crippen LogP contribution in [0.1, 0.15) is 47.9 Å². The van der Waals surface area contributed by atoms with E-state index in [0.717, 1.165) is 12.8 Å². The largest absolute Gasteiger partial charge is 0.361 e. The Morgan fingerprint density at radius 2 is 2.12 bits per heavy atom. The summed E-state index contributed by atoms with van der Waals surface area (Å²) in [5.74, 6) is 1.96. The van der Waals surface area contributed by atoms with Crippen LogP contribution in [-0.4, -0.2) is 47.2 Å². The van der Waals surface area contributed by atoms with Crippen molar-refractivity contribution in [3.05, 3.63) is 48.1 Å². The predicted octanol–water partition coefficient (Wildman–Crippen LogP) is 1.97. The molecular weight excluding hydrogens is 334 g/mol. The third-order valence-corrected chi connectivity index (χ3v) is 4.42. The molecule has 1 aliphatic carbocycles. The second-order valence-electron chi connectivity index (χ2n) is 6.48. The fraction of sp³-hybridized carbons (Fsp3) is 0.412. The molecule has 1 fully saturated rings. The van der Waals surface area contributed by atoms with Crippen molar-refractivity contribution in [2.45, 2.75) is 32.7 Å². The maximum Gasteiger partial charge on any atom is 0.276 e. The van der Waals surface area contributed by atoms with Crippen molar-refractivity contribution in [3.63, 3.8) is 0 Å². The number of amides is 1. The van der Waals surface area contributed by atoms with Crippen LogP contribution in [0, 0.1) is 12.8 Å². The first-order valence-electron chi connectivity index (χ1n) is 8.55. The van der Waals surface area contributed by atoms with Gasteiger partial charge in [-0.2, -0.15) is 9.78 Å². The summed E-state index contributed by atoms with van der Waals surface area (Å²) in [5, 5.41) is 8.10. The van der Waals surface area contributed by atoms with E-state index in [4.69, 9.17) is 4.52 Å². The normalized spacial score (nSPS) is 15.0. The summed E-state index contributed by atoms with van der Waals surface area (Å²) < 4.78 is 6.63. The molecule has 0 spiro atoms. The topological polar surface area (TPSA) is 103 Å². The molecule has 3 heterocycles. The lowest BCUT2D eigenvalue weighted by atomic mass is 10.2. The molecule has 0 N–H and O–H groups in total. The van der Waals surface area contributed by atoms with Crippen molar-refractivity contribution < 1.29 is 9.32 Å². The van der Waals surface area contributed by atoms with Gasteiger partial charge < -0.3 is 9.42 Å². The van der Waals surface area contributed by atoms with E-state index in [0.29, 0.717) is 35.7 Å². The van der Waals surface area contributed by atoms with Crippen LogP contribution >= 0.6 is 0 Å². The molecule has 3 aromatic rings. The molecule has 1 aliphatic rings. The first kappa shape index (κ1) is 16.4. The van der Waals surface area contributed by atoms with Gasteiger partial charge in [0, 0.05) is 25.0 Å². The first-order chi connectivity index (χ1) is 12.6. The zero-order chi connectivity index (χ0) is 18.1. The average molecular weight is 353 g/mol. The highest BCUT2D eigenvalue weighted by molar-refractivity contribution is 5.92. The molecule has 0 saturated heterocycles. The molecule has 1 amide bonds. The highest BCUT2D eigenvalue weighted by atomic mass is 16.5. The third-order valence-electron chi connectivity index (χ3n) is 4.42. The summed E-state index contributed by atoms with van der Waals surface area (Å²) in [6.07, 6.45) is 6.99. The number of carbonyl (C=O) groups is 1. The molecule has 1 unspecified atom stereocenters. The molecule has 0 bridgehead atoms. The Bertz CT molecular complexity index is 901. The molecular formula is C17H19N7O2. The van der Waals surface area contributed by atoms with Crippen LogP contribution in [0.25, 0.3) is 5.95 Å². The van der Waals surface area contributed by atoms with Gasteiger partial charge >= 0.3 is 0 Å². The Hall–Kier alpha value is -3.10. The Kier molecular flexibility index (Phi) is 4.19. The van der Waals surface area contributed by atoms with E-state index < -0.39 is 0 Å². The lowest BCUT2D eigenvalue weighted by molar-refractivity contribution is 0.0660. The van der Waals surface area contributed by atoms with Crippen LogP contribution in [0.15, 0.2) is 35.4 Å². The first-order valence-corrected chi connectivity index (χ1v) is 8.55. The minimum absolute atomic E-state index is 0.176. The Morgan fingerprint density at radius 1 is 1.35 bits per heavy atom. The maximum absolute atomic E-state index is 13.0. The lowest BCUT2D eigenvalue weighted by Gasteiger charge is -2.28. The van der Waals surface area contributed by atoms with E-state index in [1.807, 2.05) is 6.92 Å². The zero-order valence-electron chi connectivity index (χ0n) is 14.6. The van der Waals surface area contributed by atoms with Gasteiger partial charge in [-0.3, -0.25) is 4.79 Å². The number of rotatable bonds is 6. The molecule has 1 atom stereocenters. The molecule has 1 saturated carbocycles. The van der Waals surface area contributed by atoms with Gasteiger partial charge in [0.2, 0.25) is 0 Å². The number of hydrogen-bond acceptors (Lipinski definition) is 7. The van der Waals surface area contributed by atoms with Crippen molar-refractivity contribution >= 4 is 5.91 Å².